The lowest BCUT2D eigenvalue weighted by atomic mass is 11.1. The summed E-state index contributed by atoms with van der Waals surface area (Å²) in [4.78, 5) is 0. The van der Waals surface area contributed by atoms with Crippen molar-refractivity contribution in [3.63, 3.8) is 0 Å². The Morgan fingerprint density at radius 2 is 2.67 bits per heavy atom. The molecule has 1 heterocycles. The van der Waals surface area contributed by atoms with Gasteiger partial charge in [-0.2, -0.15) is 3.21 Å². The number of nitrogens with two attached hydrogens (primary N) is 1. The summed E-state index contributed by atoms with van der Waals surface area (Å²) in [5.74, 6) is 0.461. The minimum Gasteiger partial charge on any atom is -0.368 e. The molecule has 0 spiro atoms. The molecule has 0 aromatic carbocycles. The molecule has 0 aromatic heterocycles. The van der Waals surface area contributed by atoms with Crippen LogP contribution >= 0.6 is 21.3 Å². The first-order valence-electron chi connectivity index (χ1n) is 1.32. The third kappa shape index (κ3) is 0.644. The van der Waals surface area contributed by atoms with E-state index in [9.17, 15) is 0 Å². The first kappa shape index (κ1) is 3.97. The van der Waals surface area contributed by atoms with E-state index < -0.39 is 0 Å². The summed E-state index contributed by atoms with van der Waals surface area (Å²) < 4.78 is 7.46. The van der Waals surface area contributed by atoms with Crippen molar-refractivity contribution in [2.24, 2.45) is 12.2 Å². The summed E-state index contributed by atoms with van der Waals surface area (Å²) in [5, 5.41) is 0. The summed E-state index contributed by atoms with van der Waals surface area (Å²) in [6.45, 7) is 0. The Labute approximate surface area is 45.3 Å². The molecule has 0 saturated heterocycles. The zero-order valence-corrected chi connectivity index (χ0v) is 5.01. The fourth-order valence-electron chi connectivity index (χ4n) is 0.141. The van der Waals surface area contributed by atoms with E-state index in [0.717, 1.165) is 0 Å². The van der Waals surface area contributed by atoms with Crippen LogP contribution in [0.3, 0.4) is 0 Å². The van der Waals surface area contributed by atoms with Crippen LogP contribution in [0.2, 0.25) is 0 Å². The maximum Gasteiger partial charge on any atom is 0.221 e. The maximum atomic E-state index is 5.11. The third-order valence-corrected chi connectivity index (χ3v) is 1.52. The van der Waals surface area contributed by atoms with Crippen molar-refractivity contribution in [3.05, 3.63) is 0 Å². The van der Waals surface area contributed by atoms with Gasteiger partial charge >= 0.3 is 0 Å². The Kier molecular flexibility index (Phi) is 0.992. The highest BCUT2D eigenvalue weighted by Crippen LogP contribution is 2.02. The Hall–Kier alpha value is -0.200. The van der Waals surface area contributed by atoms with Gasteiger partial charge in [0.05, 0.1) is 0 Å². The Bertz CT molecular complexity index is 104. The molecule has 1 rings (SSSR count). The summed E-state index contributed by atoms with van der Waals surface area (Å²) in [6.07, 6.45) is 0. The summed E-state index contributed by atoms with van der Waals surface area (Å²) in [7, 11) is 0. The van der Waals surface area contributed by atoms with Gasteiger partial charge in [0.2, 0.25) is 5.96 Å². The molecule has 4 nitrogen and oxygen atoms in total. The standard InChI is InChI=1S/CH3IN4/c3-1-4-2-6-5-1/h(H3,3,4,5,6). The topological polar surface area (TPSA) is 62.8 Å². The van der Waals surface area contributed by atoms with Crippen LogP contribution in [0.15, 0.2) is 6.46 Å². The second-order valence-corrected chi connectivity index (χ2v) is 2.14. The molecule has 1 aliphatic heterocycles. The number of hydrogen-bond acceptors (Lipinski definition) is 4. The Morgan fingerprint density at radius 3 is 2.83 bits per heavy atom. The molecule has 1 aliphatic rings. The zero-order chi connectivity index (χ0) is 4.41. The smallest absolute Gasteiger partial charge is 0.221 e. The van der Waals surface area contributed by atoms with Gasteiger partial charge in [0.25, 0.3) is 0 Å². The van der Waals surface area contributed by atoms with Crippen molar-refractivity contribution in [1.29, 1.82) is 0 Å². The molecule has 0 atom stereocenters. The Balaban J connectivity index is 2.61. The molecule has 5 heteroatoms. The van der Waals surface area contributed by atoms with Gasteiger partial charge in [0, 0.05) is 0 Å². The molecule has 0 amide bonds. The Morgan fingerprint density at radius 1 is 1.83 bits per heavy atom. The fourth-order valence-corrected chi connectivity index (χ4v) is 0.944. The van der Waals surface area contributed by atoms with Gasteiger partial charge < -0.3 is 5.73 Å². The van der Waals surface area contributed by atoms with Gasteiger partial charge in [-0.05, 0) is 0 Å². The average Bonchev–Trinajstić information content (AvgIpc) is 1.86. The van der Waals surface area contributed by atoms with Crippen LogP contribution in [0.4, 0.5) is 0 Å². The number of nitrogens with zero attached hydrogens (tertiary/aromatic N) is 2. The van der Waals surface area contributed by atoms with Crippen molar-refractivity contribution < 1.29 is 0 Å². The molecule has 0 fully saturated rings. The number of nitrogens with one attached hydrogen (secondary N) is 1. The van der Waals surface area contributed by atoms with Gasteiger partial charge in [0.15, 0.2) is 21.3 Å². The lowest BCUT2D eigenvalue weighted by molar-refractivity contribution is 1.07. The molecule has 34 valence electrons. The van der Waals surface area contributed by atoms with Crippen LogP contribution in [0, 0.1) is 0 Å². The van der Waals surface area contributed by atoms with Gasteiger partial charge in [-0.25, -0.2) is 5.43 Å². The lowest BCUT2D eigenvalue weighted by Crippen LogP contribution is -2.22. The minimum absolute atomic E-state index is 0.321. The maximum absolute atomic E-state index is 5.11. The number of halogens is 1. The highest BCUT2D eigenvalue weighted by atomic mass is 127. The van der Waals surface area contributed by atoms with Crippen molar-refractivity contribution >= 4 is 27.3 Å². The second-order valence-electron chi connectivity index (χ2n) is 0.742. The molecular formula is CH3IN4. The van der Waals surface area contributed by atoms with Crippen LogP contribution < -0.4 is 11.2 Å². The van der Waals surface area contributed by atoms with Crippen LogP contribution in [-0.2, 0) is 0 Å². The normalized spacial score (nSPS) is 18.3. The predicted molar refractivity (Wildman–Crippen MR) is 31.2 cm³/mol. The molecular weight excluding hydrogens is 195 g/mol. The van der Waals surface area contributed by atoms with Gasteiger partial charge in [-0.3, -0.25) is 0 Å². The van der Waals surface area contributed by atoms with Crippen molar-refractivity contribution in [1.82, 2.24) is 5.43 Å². The van der Waals surface area contributed by atoms with Gasteiger partial charge in [0.1, 0.15) is 0 Å². The first-order chi connectivity index (χ1) is 2.89. The first-order valence-corrected chi connectivity index (χ1v) is 3.25. The van der Waals surface area contributed by atoms with Crippen LogP contribution in [0.5, 0.6) is 0 Å². The van der Waals surface area contributed by atoms with E-state index in [2.05, 4.69) is 11.9 Å². The highest BCUT2D eigenvalue weighted by molar-refractivity contribution is 14.1. The SMILES string of the molecule is NC1=NI=NN1. The monoisotopic (exact) mass is 198 g/mol. The molecule has 3 N–H and O–H groups in total. The molecule has 0 bridgehead atoms. The average molecular weight is 198 g/mol. The van der Waals surface area contributed by atoms with E-state index in [0.29, 0.717) is 5.96 Å². The van der Waals surface area contributed by atoms with Gasteiger partial charge in [-0.15, -0.1) is 3.25 Å². The number of guanidine groups is 1. The molecule has 0 saturated carbocycles. The largest absolute Gasteiger partial charge is 0.368 e. The number of rotatable bonds is 0. The minimum atomic E-state index is -0.321. The van der Waals surface area contributed by atoms with Crippen molar-refractivity contribution in [3.8, 4) is 0 Å². The summed E-state index contributed by atoms with van der Waals surface area (Å²) >= 11 is -0.321. The zero-order valence-electron chi connectivity index (χ0n) is 2.85. The van der Waals surface area contributed by atoms with Crippen LogP contribution in [0.25, 0.3) is 0 Å². The van der Waals surface area contributed by atoms with E-state index in [1.54, 1.807) is 0 Å². The van der Waals surface area contributed by atoms with Crippen molar-refractivity contribution in [2.45, 2.75) is 0 Å². The van der Waals surface area contributed by atoms with E-state index in [1.807, 2.05) is 0 Å². The lowest BCUT2D eigenvalue weighted by Gasteiger charge is -1.81. The summed E-state index contributed by atoms with van der Waals surface area (Å²) in [5.41, 5.74) is 7.63. The molecule has 6 heavy (non-hydrogen) atoms. The molecule has 0 aromatic rings. The highest BCUT2D eigenvalue weighted by Gasteiger charge is 1.88. The van der Waals surface area contributed by atoms with Crippen LogP contribution in [0.1, 0.15) is 0 Å². The van der Waals surface area contributed by atoms with Crippen LogP contribution in [-0.4, -0.2) is 5.96 Å². The predicted octanol–water partition coefficient (Wildman–Crippen LogP) is -0.111. The van der Waals surface area contributed by atoms with Gasteiger partial charge in [-0.1, -0.05) is 0 Å². The quantitative estimate of drug-likeness (QED) is 0.533. The van der Waals surface area contributed by atoms with E-state index in [4.69, 9.17) is 5.73 Å². The molecule has 0 aliphatic carbocycles. The second kappa shape index (κ2) is 1.50. The summed E-state index contributed by atoms with van der Waals surface area (Å²) in [6, 6.07) is 0. The van der Waals surface area contributed by atoms with E-state index in [1.165, 1.54) is 0 Å². The third-order valence-electron chi connectivity index (χ3n) is 0.323. The fraction of sp³-hybridized carbons (Fsp3) is 0. The van der Waals surface area contributed by atoms with E-state index >= 15 is 0 Å². The molecule has 0 unspecified atom stereocenters. The van der Waals surface area contributed by atoms with E-state index in [-0.39, 0.29) is 21.3 Å². The van der Waals surface area contributed by atoms with Crippen molar-refractivity contribution in [2.75, 3.05) is 0 Å². The number of hydrogen-bond donors (Lipinski definition) is 2. The molecule has 0 radical (unpaired) electrons.